The number of nitrogens with zero attached hydrogens (tertiary/aromatic N) is 3. The predicted octanol–water partition coefficient (Wildman–Crippen LogP) is 2.22. The summed E-state index contributed by atoms with van der Waals surface area (Å²) in [6.45, 7) is 5.34. The van der Waals surface area contributed by atoms with Crippen molar-refractivity contribution in [3.8, 4) is 5.75 Å². The van der Waals surface area contributed by atoms with Crippen LogP contribution in [0.15, 0.2) is 30.6 Å². The predicted molar refractivity (Wildman–Crippen MR) is 87.5 cm³/mol. The minimum absolute atomic E-state index is 0.166. The quantitative estimate of drug-likeness (QED) is 0.811. The third-order valence-electron chi connectivity index (χ3n) is 3.14. The second kappa shape index (κ2) is 8.38. The third kappa shape index (κ3) is 5.45. The molecule has 0 radical (unpaired) electrons. The Balaban J connectivity index is 1.70. The number of rotatable bonds is 7. The molecule has 0 saturated heterocycles. The molecule has 0 saturated carbocycles. The summed E-state index contributed by atoms with van der Waals surface area (Å²) < 4.78 is 7.55. The van der Waals surface area contributed by atoms with Crippen LogP contribution in [0.3, 0.4) is 0 Å². The van der Waals surface area contributed by atoms with Gasteiger partial charge in [-0.05, 0) is 38.1 Å². The van der Waals surface area contributed by atoms with E-state index in [1.807, 2.05) is 18.4 Å². The van der Waals surface area contributed by atoms with Crippen LogP contribution in [0.4, 0.5) is 4.79 Å². The molecule has 1 aromatic heterocycles. The van der Waals surface area contributed by atoms with E-state index in [1.165, 1.54) is 0 Å². The highest BCUT2D eigenvalue weighted by Gasteiger charge is 2.08. The highest BCUT2D eigenvalue weighted by Crippen LogP contribution is 2.16. The van der Waals surface area contributed by atoms with Crippen LogP contribution < -0.4 is 15.4 Å². The van der Waals surface area contributed by atoms with Crippen molar-refractivity contribution in [3.05, 3.63) is 41.4 Å². The van der Waals surface area contributed by atoms with Gasteiger partial charge >= 0.3 is 6.03 Å². The van der Waals surface area contributed by atoms with Gasteiger partial charge in [0.1, 0.15) is 18.2 Å². The van der Waals surface area contributed by atoms with Crippen molar-refractivity contribution < 1.29 is 9.53 Å². The minimum Gasteiger partial charge on any atom is -0.489 e. The summed E-state index contributed by atoms with van der Waals surface area (Å²) in [4.78, 5) is 11.8. The highest BCUT2D eigenvalue weighted by molar-refractivity contribution is 6.30. The summed E-state index contributed by atoms with van der Waals surface area (Å²) in [6.07, 6.45) is 1.47. The number of benzene rings is 1. The van der Waals surface area contributed by atoms with Gasteiger partial charge < -0.3 is 19.9 Å². The van der Waals surface area contributed by atoms with Crippen LogP contribution in [0, 0.1) is 0 Å². The van der Waals surface area contributed by atoms with Gasteiger partial charge in [0.2, 0.25) is 0 Å². The van der Waals surface area contributed by atoms with Crippen molar-refractivity contribution in [1.29, 1.82) is 0 Å². The first kappa shape index (κ1) is 17.1. The molecule has 0 unspecified atom stereocenters. The number of carbonyl (C=O) groups excluding carboxylic acids is 1. The third-order valence-corrected chi connectivity index (χ3v) is 3.40. The molecule has 0 spiro atoms. The number of hydrogen-bond acceptors (Lipinski definition) is 4. The molecule has 1 aromatic carbocycles. The monoisotopic (exact) mass is 337 g/mol. The van der Waals surface area contributed by atoms with Crippen LogP contribution >= 0.6 is 11.6 Å². The lowest BCUT2D eigenvalue weighted by molar-refractivity contribution is 0.207. The van der Waals surface area contributed by atoms with E-state index in [1.54, 1.807) is 30.6 Å². The molecule has 2 N–H and O–H groups in total. The molecule has 0 aliphatic carbocycles. The van der Waals surface area contributed by atoms with Gasteiger partial charge in [0.15, 0.2) is 5.82 Å². The van der Waals surface area contributed by atoms with Crippen molar-refractivity contribution in [2.24, 2.45) is 0 Å². The average molecular weight is 338 g/mol. The van der Waals surface area contributed by atoms with E-state index in [4.69, 9.17) is 16.3 Å². The molecule has 8 heteroatoms. The van der Waals surface area contributed by atoms with E-state index < -0.39 is 0 Å². The summed E-state index contributed by atoms with van der Waals surface area (Å²) in [5.74, 6) is 1.42. The normalized spacial score (nSPS) is 11.8. The van der Waals surface area contributed by atoms with Crippen molar-refractivity contribution >= 4 is 17.6 Å². The molecule has 124 valence electrons. The fraction of sp³-hybridized carbons (Fsp3) is 0.400. The molecule has 2 rings (SSSR count). The molecule has 0 fully saturated rings. The summed E-state index contributed by atoms with van der Waals surface area (Å²) in [7, 11) is 0. The molecular formula is C15H20ClN5O2. The Labute approximate surface area is 140 Å². The number of aromatic nitrogens is 3. The highest BCUT2D eigenvalue weighted by atomic mass is 35.5. The van der Waals surface area contributed by atoms with Crippen molar-refractivity contribution in [2.45, 2.75) is 33.0 Å². The molecule has 7 nitrogen and oxygen atoms in total. The SMILES string of the molecule is CCn1cnnc1CNC(=O)NC[C@H](C)Oc1ccc(Cl)cc1. The Morgan fingerprint density at radius 2 is 2.09 bits per heavy atom. The lowest BCUT2D eigenvalue weighted by atomic mass is 10.3. The van der Waals surface area contributed by atoms with Crippen LogP contribution in [0.1, 0.15) is 19.7 Å². The maximum atomic E-state index is 11.8. The van der Waals surface area contributed by atoms with Gasteiger partial charge in [0, 0.05) is 11.6 Å². The van der Waals surface area contributed by atoms with Gasteiger partial charge in [-0.25, -0.2) is 4.79 Å². The first-order valence-electron chi connectivity index (χ1n) is 7.39. The molecule has 0 aliphatic heterocycles. The smallest absolute Gasteiger partial charge is 0.315 e. The van der Waals surface area contributed by atoms with Crippen molar-refractivity contribution in [2.75, 3.05) is 6.54 Å². The molecule has 0 aliphatic rings. The Bertz CT molecular complexity index is 629. The first-order valence-corrected chi connectivity index (χ1v) is 7.77. The van der Waals surface area contributed by atoms with Crippen LogP contribution in [0.25, 0.3) is 0 Å². The van der Waals surface area contributed by atoms with Gasteiger partial charge in [0.25, 0.3) is 0 Å². The second-order valence-electron chi connectivity index (χ2n) is 4.98. The number of hydrogen-bond donors (Lipinski definition) is 2. The van der Waals surface area contributed by atoms with Gasteiger partial charge in [-0.3, -0.25) is 0 Å². The lowest BCUT2D eigenvalue weighted by Crippen LogP contribution is -2.40. The molecule has 1 heterocycles. The van der Waals surface area contributed by atoms with E-state index in [2.05, 4.69) is 20.8 Å². The number of ether oxygens (including phenoxy) is 1. The molecule has 1 atom stereocenters. The maximum Gasteiger partial charge on any atom is 0.315 e. The molecule has 2 amide bonds. The zero-order chi connectivity index (χ0) is 16.7. The topological polar surface area (TPSA) is 81.1 Å². The number of nitrogens with one attached hydrogen (secondary N) is 2. The fourth-order valence-corrected chi connectivity index (χ4v) is 2.05. The number of aryl methyl sites for hydroxylation is 1. The van der Waals surface area contributed by atoms with E-state index in [-0.39, 0.29) is 12.1 Å². The Kier molecular flexibility index (Phi) is 6.22. The standard InChI is InChI=1S/C15H20ClN5O2/c1-3-21-10-19-20-14(21)9-18-15(22)17-8-11(2)23-13-6-4-12(16)5-7-13/h4-7,10-11H,3,8-9H2,1-2H3,(H2,17,18,22)/t11-/m0/s1. The summed E-state index contributed by atoms with van der Waals surface area (Å²) in [5, 5.41) is 13.9. The number of urea groups is 1. The van der Waals surface area contributed by atoms with E-state index >= 15 is 0 Å². The fourth-order valence-electron chi connectivity index (χ4n) is 1.93. The number of halogens is 1. The van der Waals surface area contributed by atoms with Gasteiger partial charge in [-0.1, -0.05) is 11.6 Å². The lowest BCUT2D eigenvalue weighted by Gasteiger charge is -2.15. The van der Waals surface area contributed by atoms with Crippen LogP contribution in [-0.2, 0) is 13.1 Å². The summed E-state index contributed by atoms with van der Waals surface area (Å²) >= 11 is 5.82. The maximum absolute atomic E-state index is 11.8. The molecule has 2 aromatic rings. The van der Waals surface area contributed by atoms with E-state index in [0.717, 1.165) is 6.54 Å². The van der Waals surface area contributed by atoms with E-state index in [0.29, 0.717) is 29.7 Å². The van der Waals surface area contributed by atoms with E-state index in [9.17, 15) is 4.79 Å². The molecule has 23 heavy (non-hydrogen) atoms. The van der Waals surface area contributed by atoms with Gasteiger partial charge in [-0.2, -0.15) is 0 Å². The zero-order valence-electron chi connectivity index (χ0n) is 13.1. The average Bonchev–Trinajstić information content (AvgIpc) is 3.00. The second-order valence-corrected chi connectivity index (χ2v) is 5.42. The summed E-state index contributed by atoms with van der Waals surface area (Å²) in [6, 6.07) is 6.82. The summed E-state index contributed by atoms with van der Waals surface area (Å²) in [5.41, 5.74) is 0. The van der Waals surface area contributed by atoms with Crippen molar-refractivity contribution in [3.63, 3.8) is 0 Å². The van der Waals surface area contributed by atoms with Crippen LogP contribution in [0.2, 0.25) is 5.02 Å². The van der Waals surface area contributed by atoms with Gasteiger partial charge in [0.05, 0.1) is 13.1 Å². The largest absolute Gasteiger partial charge is 0.489 e. The minimum atomic E-state index is -0.276. The number of carbonyl (C=O) groups is 1. The molecule has 0 bridgehead atoms. The first-order chi connectivity index (χ1) is 11.1. The van der Waals surface area contributed by atoms with Crippen molar-refractivity contribution in [1.82, 2.24) is 25.4 Å². The Morgan fingerprint density at radius 3 is 2.78 bits per heavy atom. The zero-order valence-corrected chi connectivity index (χ0v) is 13.9. The van der Waals surface area contributed by atoms with Gasteiger partial charge in [-0.15, -0.1) is 10.2 Å². The Hall–Kier alpha value is -2.28. The molecular weight excluding hydrogens is 318 g/mol. The number of amides is 2. The van der Waals surface area contributed by atoms with Crippen LogP contribution in [0.5, 0.6) is 5.75 Å². The Morgan fingerprint density at radius 1 is 1.35 bits per heavy atom. The van der Waals surface area contributed by atoms with Crippen LogP contribution in [-0.4, -0.2) is 33.4 Å².